The normalized spacial score (nSPS) is 11.7. The highest BCUT2D eigenvalue weighted by Gasteiger charge is 2.22. The molecule has 22 heavy (non-hydrogen) atoms. The van der Waals surface area contributed by atoms with Crippen LogP contribution >= 0.6 is 11.6 Å². The number of hydrogen-bond acceptors (Lipinski definition) is 5. The quantitative estimate of drug-likeness (QED) is 0.651. The molecule has 1 aromatic carbocycles. The second-order valence-electron chi connectivity index (χ2n) is 4.78. The van der Waals surface area contributed by atoms with E-state index in [0.717, 1.165) is 0 Å². The van der Waals surface area contributed by atoms with E-state index < -0.39 is 21.7 Å². The summed E-state index contributed by atoms with van der Waals surface area (Å²) in [7, 11) is -4.78. The first-order valence-electron chi connectivity index (χ1n) is 6.06. The second kappa shape index (κ2) is 5.38. The summed E-state index contributed by atoms with van der Waals surface area (Å²) in [6.07, 6.45) is 0. The molecular weight excluding hydrogens is 334 g/mol. The molecule has 0 radical (unpaired) electrons. The maximum absolute atomic E-state index is 12.0. The zero-order chi connectivity index (χ0) is 16.8. The van der Waals surface area contributed by atoms with E-state index in [2.05, 4.69) is 9.17 Å². The van der Waals surface area contributed by atoms with Crippen LogP contribution in [0, 0.1) is 13.8 Å². The van der Waals surface area contributed by atoms with Crippen molar-refractivity contribution in [1.29, 1.82) is 0 Å². The zero-order valence-corrected chi connectivity index (χ0v) is 13.4. The maximum atomic E-state index is 12.0. The summed E-state index contributed by atoms with van der Waals surface area (Å²) in [5, 5.41) is 0.304. The zero-order valence-electron chi connectivity index (χ0n) is 11.9. The molecule has 2 N–H and O–H groups in total. The predicted molar refractivity (Wildman–Crippen MR) is 81.2 cm³/mol. The smallest absolute Gasteiger partial charge is 0.361 e. The number of carbonyl (C=O) groups excluding carboxylic acids is 1. The van der Waals surface area contributed by atoms with E-state index in [1.54, 1.807) is 0 Å². The highest BCUT2D eigenvalue weighted by molar-refractivity contribution is 7.81. The first-order chi connectivity index (χ1) is 10.0. The Kier molecular flexibility index (Phi) is 4.03. The van der Waals surface area contributed by atoms with Crippen molar-refractivity contribution < 1.29 is 21.9 Å². The van der Waals surface area contributed by atoms with Crippen LogP contribution in [-0.2, 0) is 10.4 Å². The SMILES string of the molecule is CC(=O)c1c(C)c2c(OS(=O)(=O)O)c(C)cc(Cl)c2[nH]c1=O. The molecule has 0 aliphatic carbocycles. The van der Waals surface area contributed by atoms with E-state index in [-0.39, 0.29) is 32.8 Å². The standard InChI is InChI=1S/C13H12ClNO6S/c1-5-4-8(14)11-10(12(5)21-22(18,19)20)6(2)9(7(3)16)13(17)15-11/h4H,1-3H3,(H,15,17)(H,18,19,20). The number of rotatable bonds is 3. The summed E-state index contributed by atoms with van der Waals surface area (Å²) in [6.45, 7) is 4.20. The largest absolute Gasteiger partial charge is 0.446 e. The third-order valence-electron chi connectivity index (χ3n) is 3.17. The molecule has 9 heteroatoms. The number of ketones is 1. The number of pyridine rings is 1. The molecule has 0 aliphatic heterocycles. The van der Waals surface area contributed by atoms with Crippen molar-refractivity contribution in [3.63, 3.8) is 0 Å². The Morgan fingerprint density at radius 3 is 2.45 bits per heavy atom. The fourth-order valence-corrected chi connectivity index (χ4v) is 3.08. The predicted octanol–water partition coefficient (Wildman–Crippen LogP) is 2.18. The highest BCUT2D eigenvalue weighted by atomic mass is 35.5. The Bertz CT molecular complexity index is 961. The Labute approximate surface area is 130 Å². The van der Waals surface area contributed by atoms with Gasteiger partial charge in [0.2, 0.25) is 0 Å². The fourth-order valence-electron chi connectivity index (χ4n) is 2.35. The number of Topliss-reactive ketones (excluding diaryl/α,β-unsaturated/α-hetero) is 1. The first kappa shape index (κ1) is 16.5. The number of aromatic amines is 1. The van der Waals surface area contributed by atoms with Crippen LogP contribution in [-0.4, -0.2) is 23.7 Å². The summed E-state index contributed by atoms with van der Waals surface area (Å²) in [5.74, 6) is -0.686. The molecule has 0 saturated heterocycles. The lowest BCUT2D eigenvalue weighted by molar-refractivity contribution is 0.101. The lowest BCUT2D eigenvalue weighted by Gasteiger charge is -2.14. The summed E-state index contributed by atoms with van der Waals surface area (Å²) in [5.41, 5.74) is -0.107. The summed E-state index contributed by atoms with van der Waals surface area (Å²) < 4.78 is 35.6. The molecule has 2 rings (SSSR count). The van der Waals surface area contributed by atoms with E-state index in [1.165, 1.54) is 26.8 Å². The molecule has 2 aromatic rings. The Morgan fingerprint density at radius 2 is 1.95 bits per heavy atom. The van der Waals surface area contributed by atoms with Crippen LogP contribution in [0.1, 0.15) is 28.4 Å². The van der Waals surface area contributed by atoms with Gasteiger partial charge in [0.25, 0.3) is 5.56 Å². The number of nitrogens with one attached hydrogen (secondary N) is 1. The topological polar surface area (TPSA) is 114 Å². The molecule has 0 amide bonds. The molecule has 1 aromatic heterocycles. The van der Waals surface area contributed by atoms with Crippen LogP contribution in [0.4, 0.5) is 0 Å². The monoisotopic (exact) mass is 345 g/mol. The van der Waals surface area contributed by atoms with Gasteiger partial charge in [-0.1, -0.05) is 11.6 Å². The maximum Gasteiger partial charge on any atom is 0.446 e. The number of fused-ring (bicyclic) bond motifs is 1. The van der Waals surface area contributed by atoms with Crippen LogP contribution < -0.4 is 9.74 Å². The van der Waals surface area contributed by atoms with Crippen molar-refractivity contribution in [3.05, 3.63) is 38.1 Å². The van der Waals surface area contributed by atoms with Crippen molar-refractivity contribution in [3.8, 4) is 5.75 Å². The third-order valence-corrected chi connectivity index (χ3v) is 3.85. The molecular formula is C13H12ClNO6S. The van der Waals surface area contributed by atoms with Crippen LogP contribution in [0.2, 0.25) is 5.02 Å². The molecule has 1 heterocycles. The fraction of sp³-hybridized carbons (Fsp3) is 0.231. The molecule has 0 saturated carbocycles. The number of aryl methyl sites for hydroxylation is 2. The first-order valence-corrected chi connectivity index (χ1v) is 7.80. The van der Waals surface area contributed by atoms with Gasteiger partial charge in [-0.05, 0) is 38.0 Å². The molecule has 7 nitrogen and oxygen atoms in total. The van der Waals surface area contributed by atoms with Crippen molar-refractivity contribution >= 4 is 38.7 Å². The average molecular weight is 346 g/mol. The van der Waals surface area contributed by atoms with Gasteiger partial charge in [0.05, 0.1) is 16.1 Å². The molecule has 0 bridgehead atoms. The van der Waals surface area contributed by atoms with Crippen LogP contribution in [0.5, 0.6) is 5.75 Å². The third kappa shape index (κ3) is 2.85. The molecule has 118 valence electrons. The van der Waals surface area contributed by atoms with Crippen molar-refractivity contribution in [2.45, 2.75) is 20.8 Å². The van der Waals surface area contributed by atoms with Gasteiger partial charge < -0.3 is 9.17 Å². The van der Waals surface area contributed by atoms with E-state index >= 15 is 0 Å². The number of hydrogen-bond donors (Lipinski definition) is 2. The van der Waals surface area contributed by atoms with E-state index in [1.807, 2.05) is 0 Å². The van der Waals surface area contributed by atoms with Crippen molar-refractivity contribution in [2.75, 3.05) is 0 Å². The minimum absolute atomic E-state index is 0.124. The molecule has 0 spiro atoms. The second-order valence-corrected chi connectivity index (χ2v) is 6.21. The molecule has 0 unspecified atom stereocenters. The van der Waals surface area contributed by atoms with Gasteiger partial charge in [-0.25, -0.2) is 0 Å². The minimum atomic E-state index is -4.78. The number of aromatic nitrogens is 1. The number of benzene rings is 1. The van der Waals surface area contributed by atoms with Crippen LogP contribution in [0.15, 0.2) is 10.9 Å². The number of carbonyl (C=O) groups is 1. The van der Waals surface area contributed by atoms with Crippen molar-refractivity contribution in [1.82, 2.24) is 4.98 Å². The number of H-pyrrole nitrogens is 1. The lowest BCUT2D eigenvalue weighted by atomic mass is 10.00. The molecule has 0 atom stereocenters. The van der Waals surface area contributed by atoms with Gasteiger partial charge >= 0.3 is 10.4 Å². The van der Waals surface area contributed by atoms with Gasteiger partial charge in [-0.15, -0.1) is 0 Å². The highest BCUT2D eigenvalue weighted by Crippen LogP contribution is 2.36. The van der Waals surface area contributed by atoms with Crippen molar-refractivity contribution in [2.24, 2.45) is 0 Å². The van der Waals surface area contributed by atoms with Gasteiger partial charge in [0.15, 0.2) is 11.5 Å². The Morgan fingerprint density at radius 1 is 1.36 bits per heavy atom. The van der Waals surface area contributed by atoms with E-state index in [4.69, 9.17) is 16.2 Å². The Hall–Kier alpha value is -1.90. The minimum Gasteiger partial charge on any atom is -0.361 e. The van der Waals surface area contributed by atoms with Crippen LogP contribution in [0.25, 0.3) is 10.9 Å². The lowest BCUT2D eigenvalue weighted by Crippen LogP contribution is -2.19. The molecule has 0 fully saturated rings. The molecule has 0 aliphatic rings. The number of halogens is 1. The Balaban J connectivity index is 3.06. The van der Waals surface area contributed by atoms with Gasteiger partial charge in [0.1, 0.15) is 0 Å². The van der Waals surface area contributed by atoms with Gasteiger partial charge in [-0.3, -0.25) is 14.1 Å². The summed E-state index contributed by atoms with van der Waals surface area (Å²) >= 11 is 6.06. The summed E-state index contributed by atoms with van der Waals surface area (Å²) in [6, 6.07) is 1.38. The van der Waals surface area contributed by atoms with E-state index in [0.29, 0.717) is 5.56 Å². The average Bonchev–Trinajstić information content (AvgIpc) is 2.32. The van der Waals surface area contributed by atoms with Crippen LogP contribution in [0.3, 0.4) is 0 Å². The van der Waals surface area contributed by atoms with E-state index in [9.17, 15) is 18.0 Å². The van der Waals surface area contributed by atoms with Gasteiger partial charge in [-0.2, -0.15) is 8.42 Å². The summed E-state index contributed by atoms with van der Waals surface area (Å²) in [4.78, 5) is 26.1. The van der Waals surface area contributed by atoms with Gasteiger partial charge in [0, 0.05) is 5.39 Å².